The maximum Gasteiger partial charge on any atom is 0.263 e. The average molecular weight is 369 g/mol. The Morgan fingerprint density at radius 1 is 1.19 bits per heavy atom. The van der Waals surface area contributed by atoms with Gasteiger partial charge < -0.3 is 14.2 Å². The second-order valence-electron chi connectivity index (χ2n) is 6.29. The quantitative estimate of drug-likeness (QED) is 0.664. The first-order valence-corrected chi connectivity index (χ1v) is 8.49. The Bertz CT molecular complexity index is 907. The first-order valence-electron chi connectivity index (χ1n) is 8.49. The van der Waals surface area contributed by atoms with Crippen LogP contribution in [0, 0.1) is 12.7 Å². The van der Waals surface area contributed by atoms with Crippen molar-refractivity contribution in [2.75, 3.05) is 7.05 Å². The molecule has 140 valence electrons. The fourth-order valence-electron chi connectivity index (χ4n) is 2.50. The molecule has 1 amide bonds. The molecular formula is C20H20FN3O3. The lowest BCUT2D eigenvalue weighted by Gasteiger charge is -2.20. The van der Waals surface area contributed by atoms with Crippen molar-refractivity contribution < 1.29 is 18.4 Å². The minimum absolute atomic E-state index is 0.162. The van der Waals surface area contributed by atoms with Crippen LogP contribution in [-0.2, 0) is 11.3 Å². The van der Waals surface area contributed by atoms with E-state index >= 15 is 0 Å². The molecule has 27 heavy (non-hydrogen) atoms. The van der Waals surface area contributed by atoms with E-state index in [9.17, 15) is 9.18 Å². The fourth-order valence-corrected chi connectivity index (χ4v) is 2.50. The highest BCUT2D eigenvalue weighted by molar-refractivity contribution is 5.80. The summed E-state index contributed by atoms with van der Waals surface area (Å²) in [6.07, 6.45) is -0.736. The van der Waals surface area contributed by atoms with Gasteiger partial charge in [0.2, 0.25) is 11.7 Å². The number of hydrogen-bond donors (Lipinski definition) is 0. The molecule has 2 aromatic carbocycles. The monoisotopic (exact) mass is 369 g/mol. The summed E-state index contributed by atoms with van der Waals surface area (Å²) in [4.78, 5) is 18.2. The van der Waals surface area contributed by atoms with Crippen LogP contribution < -0.4 is 4.74 Å². The zero-order valence-electron chi connectivity index (χ0n) is 15.3. The van der Waals surface area contributed by atoms with Gasteiger partial charge in [-0.05, 0) is 38.1 Å². The molecule has 0 aliphatic heterocycles. The Kier molecular flexibility index (Phi) is 5.49. The molecule has 0 saturated carbocycles. The van der Waals surface area contributed by atoms with Gasteiger partial charge in [-0.2, -0.15) is 4.98 Å². The standard InChI is InChI=1S/C20H20FN3O3/c1-13-4-6-15(7-5-13)19-22-18(27-23-19)12-24(3)20(25)14(2)26-17-10-8-16(21)9-11-17/h4-11,14H,12H2,1-3H3/t14-/m0/s1. The van der Waals surface area contributed by atoms with E-state index in [0.29, 0.717) is 17.5 Å². The number of nitrogens with zero attached hydrogens (tertiary/aromatic N) is 3. The van der Waals surface area contributed by atoms with E-state index in [4.69, 9.17) is 9.26 Å². The Morgan fingerprint density at radius 3 is 2.52 bits per heavy atom. The van der Waals surface area contributed by atoms with E-state index in [1.54, 1.807) is 14.0 Å². The van der Waals surface area contributed by atoms with Crippen molar-refractivity contribution in [2.24, 2.45) is 0 Å². The summed E-state index contributed by atoms with van der Waals surface area (Å²) in [5.41, 5.74) is 1.99. The maximum absolute atomic E-state index is 12.9. The highest BCUT2D eigenvalue weighted by atomic mass is 19.1. The van der Waals surface area contributed by atoms with Gasteiger partial charge >= 0.3 is 0 Å². The molecule has 0 bridgehead atoms. The van der Waals surface area contributed by atoms with E-state index in [1.807, 2.05) is 31.2 Å². The van der Waals surface area contributed by atoms with Crippen molar-refractivity contribution >= 4 is 5.91 Å². The molecule has 0 fully saturated rings. The van der Waals surface area contributed by atoms with E-state index in [-0.39, 0.29) is 18.3 Å². The van der Waals surface area contributed by atoms with Crippen LogP contribution in [0.25, 0.3) is 11.4 Å². The Balaban J connectivity index is 1.60. The van der Waals surface area contributed by atoms with Gasteiger partial charge in [-0.25, -0.2) is 4.39 Å². The highest BCUT2D eigenvalue weighted by Crippen LogP contribution is 2.18. The van der Waals surface area contributed by atoms with Crippen LogP contribution in [0.5, 0.6) is 5.75 Å². The van der Waals surface area contributed by atoms with Crippen molar-refractivity contribution in [3.8, 4) is 17.1 Å². The van der Waals surface area contributed by atoms with Gasteiger partial charge in [0.05, 0.1) is 6.54 Å². The van der Waals surface area contributed by atoms with Gasteiger partial charge in [0.15, 0.2) is 6.10 Å². The fraction of sp³-hybridized carbons (Fsp3) is 0.250. The average Bonchev–Trinajstić information content (AvgIpc) is 3.12. The molecule has 7 heteroatoms. The Hall–Kier alpha value is -3.22. The van der Waals surface area contributed by atoms with Gasteiger partial charge in [0.1, 0.15) is 11.6 Å². The molecule has 0 radical (unpaired) electrons. The lowest BCUT2D eigenvalue weighted by atomic mass is 10.1. The van der Waals surface area contributed by atoms with Crippen LogP contribution in [0.2, 0.25) is 0 Å². The zero-order valence-corrected chi connectivity index (χ0v) is 15.3. The van der Waals surface area contributed by atoms with Crippen molar-refractivity contribution in [1.82, 2.24) is 15.0 Å². The third-order valence-electron chi connectivity index (χ3n) is 4.00. The number of hydrogen-bond acceptors (Lipinski definition) is 5. The first kappa shape index (κ1) is 18.6. The molecule has 0 spiro atoms. The number of halogens is 1. The Morgan fingerprint density at radius 2 is 1.85 bits per heavy atom. The van der Waals surface area contributed by atoms with E-state index < -0.39 is 6.10 Å². The highest BCUT2D eigenvalue weighted by Gasteiger charge is 2.21. The van der Waals surface area contributed by atoms with Crippen molar-refractivity contribution in [1.29, 1.82) is 0 Å². The smallest absolute Gasteiger partial charge is 0.263 e. The number of carbonyl (C=O) groups excluding carboxylic acids is 1. The molecule has 6 nitrogen and oxygen atoms in total. The number of amides is 1. The molecule has 1 aromatic heterocycles. The summed E-state index contributed by atoms with van der Waals surface area (Å²) < 4.78 is 23.7. The van der Waals surface area contributed by atoms with Gasteiger partial charge in [-0.15, -0.1) is 0 Å². The first-order chi connectivity index (χ1) is 12.9. The molecule has 1 heterocycles. The van der Waals surface area contributed by atoms with Gasteiger partial charge in [-0.1, -0.05) is 35.0 Å². The number of aromatic nitrogens is 2. The number of aryl methyl sites for hydroxylation is 1. The minimum Gasteiger partial charge on any atom is -0.481 e. The SMILES string of the molecule is Cc1ccc(-c2noc(CN(C)C(=O)[C@H](C)Oc3ccc(F)cc3)n2)cc1. The van der Waals surface area contributed by atoms with Crippen LogP contribution in [-0.4, -0.2) is 34.1 Å². The Labute approximate surface area is 156 Å². The summed E-state index contributed by atoms with van der Waals surface area (Å²) in [6.45, 7) is 3.80. The second-order valence-corrected chi connectivity index (χ2v) is 6.29. The summed E-state index contributed by atoms with van der Waals surface area (Å²) in [5.74, 6) is 0.607. The summed E-state index contributed by atoms with van der Waals surface area (Å²) in [5, 5.41) is 3.96. The topological polar surface area (TPSA) is 68.5 Å². The molecule has 0 saturated heterocycles. The van der Waals surface area contributed by atoms with Crippen molar-refractivity contribution in [2.45, 2.75) is 26.5 Å². The zero-order chi connectivity index (χ0) is 19.4. The van der Waals surface area contributed by atoms with E-state index in [1.165, 1.54) is 29.2 Å². The maximum atomic E-state index is 12.9. The van der Waals surface area contributed by atoms with Gasteiger partial charge in [-0.3, -0.25) is 4.79 Å². The van der Waals surface area contributed by atoms with Crippen LogP contribution in [0.1, 0.15) is 18.4 Å². The number of benzene rings is 2. The van der Waals surface area contributed by atoms with Crippen molar-refractivity contribution in [3.05, 3.63) is 65.8 Å². The molecular weight excluding hydrogens is 349 g/mol. The summed E-state index contributed by atoms with van der Waals surface area (Å²) in [6, 6.07) is 13.3. The number of ether oxygens (including phenoxy) is 1. The lowest BCUT2D eigenvalue weighted by Crippen LogP contribution is -2.37. The normalized spacial score (nSPS) is 11.9. The minimum atomic E-state index is -0.736. The molecule has 1 atom stereocenters. The third-order valence-corrected chi connectivity index (χ3v) is 4.00. The molecule has 0 N–H and O–H groups in total. The predicted molar refractivity (Wildman–Crippen MR) is 97.4 cm³/mol. The summed E-state index contributed by atoms with van der Waals surface area (Å²) >= 11 is 0. The number of likely N-dealkylation sites (N-methyl/N-ethyl adjacent to an activating group) is 1. The lowest BCUT2D eigenvalue weighted by molar-refractivity contribution is -0.137. The van der Waals surface area contributed by atoms with Crippen LogP contribution in [0.15, 0.2) is 53.1 Å². The molecule has 3 aromatic rings. The number of rotatable bonds is 6. The second kappa shape index (κ2) is 7.99. The van der Waals surface area contributed by atoms with Gasteiger partial charge in [0.25, 0.3) is 5.91 Å². The van der Waals surface area contributed by atoms with Crippen LogP contribution in [0.4, 0.5) is 4.39 Å². The van der Waals surface area contributed by atoms with E-state index in [0.717, 1.165) is 11.1 Å². The predicted octanol–water partition coefficient (Wildman–Crippen LogP) is 3.61. The summed E-state index contributed by atoms with van der Waals surface area (Å²) in [7, 11) is 1.63. The third kappa shape index (κ3) is 4.69. The van der Waals surface area contributed by atoms with Crippen molar-refractivity contribution in [3.63, 3.8) is 0 Å². The molecule has 0 unspecified atom stereocenters. The van der Waals surface area contributed by atoms with Gasteiger partial charge in [0, 0.05) is 12.6 Å². The van der Waals surface area contributed by atoms with Crippen LogP contribution >= 0.6 is 0 Å². The molecule has 0 aliphatic rings. The molecule has 0 aliphatic carbocycles. The number of carbonyl (C=O) groups is 1. The van der Waals surface area contributed by atoms with Crippen LogP contribution in [0.3, 0.4) is 0 Å². The largest absolute Gasteiger partial charge is 0.481 e. The van der Waals surface area contributed by atoms with E-state index in [2.05, 4.69) is 10.1 Å². The molecule has 3 rings (SSSR count).